The normalized spacial score (nSPS) is 9.90. The predicted octanol–water partition coefficient (Wildman–Crippen LogP) is 3.08. The number of hydrogen-bond acceptors (Lipinski definition) is 1. The summed E-state index contributed by atoms with van der Waals surface area (Å²) in [7, 11) is 0. The molecule has 54 valence electrons. The third kappa shape index (κ3) is 1.76. The van der Waals surface area contributed by atoms with E-state index in [1.807, 2.05) is 0 Å². The fraction of sp³-hybridized carbons (Fsp3) is 0.167. The van der Waals surface area contributed by atoms with E-state index in [-0.39, 0.29) is 0 Å². The summed E-state index contributed by atoms with van der Waals surface area (Å²) in [4.78, 5) is 3.83. The van der Waals surface area contributed by atoms with E-state index in [2.05, 4.69) is 36.8 Å². The number of rotatable bonds is 1. The predicted molar refractivity (Wildman–Crippen MR) is 44.4 cm³/mol. The lowest BCUT2D eigenvalue weighted by Crippen LogP contribution is -1.85. The van der Waals surface area contributed by atoms with Gasteiger partial charge in [-0.15, -0.1) is 0 Å². The molecule has 4 heteroatoms. The number of hydrogen-bond donors (Lipinski definition) is 0. The van der Waals surface area contributed by atoms with Crippen molar-refractivity contribution >= 4 is 31.9 Å². The molecule has 0 radical (unpaired) electrons. The highest BCUT2D eigenvalue weighted by atomic mass is 79.9. The van der Waals surface area contributed by atoms with Gasteiger partial charge in [-0.05, 0) is 37.9 Å². The number of alkyl halides is 1. The van der Waals surface area contributed by atoms with Crippen LogP contribution < -0.4 is 0 Å². The smallest absolute Gasteiger partial charge is 0.133 e. The maximum absolute atomic E-state index is 12.0. The minimum atomic E-state index is -0.534. The Morgan fingerprint density at radius 1 is 1.50 bits per heavy atom. The molecule has 1 aromatic rings. The molecule has 0 aliphatic rings. The second kappa shape index (κ2) is 3.44. The molecule has 1 heterocycles. The highest BCUT2D eigenvalue weighted by Crippen LogP contribution is 2.19. The Balaban J connectivity index is 3.07. The van der Waals surface area contributed by atoms with E-state index >= 15 is 0 Å². The lowest BCUT2D eigenvalue weighted by Gasteiger charge is -1.96. The average Bonchev–Trinajstić information content (AvgIpc) is 1.88. The molecule has 0 saturated carbocycles. The van der Waals surface area contributed by atoms with Crippen molar-refractivity contribution in [2.45, 2.75) is 6.67 Å². The molecule has 10 heavy (non-hydrogen) atoms. The van der Waals surface area contributed by atoms with Crippen LogP contribution in [0.5, 0.6) is 0 Å². The highest BCUT2D eigenvalue weighted by molar-refractivity contribution is 9.11. The van der Waals surface area contributed by atoms with Crippen LogP contribution in [0.1, 0.15) is 5.69 Å². The molecule has 0 amide bonds. The zero-order valence-corrected chi connectivity index (χ0v) is 8.11. The van der Waals surface area contributed by atoms with E-state index in [4.69, 9.17) is 0 Å². The molecule has 0 aliphatic heterocycles. The summed E-state index contributed by atoms with van der Waals surface area (Å²) in [6, 6.07) is 1.77. The fourth-order valence-corrected chi connectivity index (χ4v) is 1.63. The van der Waals surface area contributed by atoms with E-state index in [1.54, 1.807) is 12.3 Å². The van der Waals surface area contributed by atoms with Crippen molar-refractivity contribution in [1.29, 1.82) is 0 Å². The van der Waals surface area contributed by atoms with Crippen LogP contribution in [0, 0.1) is 0 Å². The van der Waals surface area contributed by atoms with E-state index in [9.17, 15) is 4.39 Å². The van der Waals surface area contributed by atoms with Gasteiger partial charge < -0.3 is 0 Å². The van der Waals surface area contributed by atoms with Crippen LogP contribution in [0.3, 0.4) is 0 Å². The summed E-state index contributed by atoms with van der Waals surface area (Å²) in [6.45, 7) is -0.534. The van der Waals surface area contributed by atoms with Gasteiger partial charge in [-0.25, -0.2) is 4.39 Å². The monoisotopic (exact) mass is 267 g/mol. The summed E-state index contributed by atoms with van der Waals surface area (Å²) < 4.78 is 13.6. The second-order valence-electron chi connectivity index (χ2n) is 1.72. The van der Waals surface area contributed by atoms with E-state index in [0.717, 1.165) is 4.47 Å². The first-order valence-electron chi connectivity index (χ1n) is 2.60. The Hall–Kier alpha value is 0.0400. The van der Waals surface area contributed by atoms with Crippen LogP contribution in [0.4, 0.5) is 4.39 Å². The molecule has 0 bridgehead atoms. The lowest BCUT2D eigenvalue weighted by molar-refractivity contribution is 0.474. The molecular formula is C6H4Br2FN. The first kappa shape index (κ1) is 8.14. The molecule has 0 unspecified atom stereocenters. The molecule has 1 nitrogen and oxygen atoms in total. The van der Waals surface area contributed by atoms with E-state index in [0.29, 0.717) is 10.2 Å². The molecule has 1 rings (SSSR count). The van der Waals surface area contributed by atoms with E-state index in [1.165, 1.54) is 0 Å². The average molecular weight is 269 g/mol. The van der Waals surface area contributed by atoms with Crippen molar-refractivity contribution < 1.29 is 4.39 Å². The van der Waals surface area contributed by atoms with Gasteiger partial charge in [0.25, 0.3) is 0 Å². The lowest BCUT2D eigenvalue weighted by atomic mass is 10.4. The zero-order valence-electron chi connectivity index (χ0n) is 4.94. The fourth-order valence-electron chi connectivity index (χ4n) is 0.541. The number of halogens is 3. The third-order valence-corrected chi connectivity index (χ3v) is 2.13. The van der Waals surface area contributed by atoms with Gasteiger partial charge in [0, 0.05) is 15.1 Å². The summed E-state index contributed by atoms with van der Waals surface area (Å²) in [5, 5.41) is 0. The maximum Gasteiger partial charge on any atom is 0.133 e. The quantitative estimate of drug-likeness (QED) is 0.763. The minimum absolute atomic E-state index is 0.434. The largest absolute Gasteiger partial charge is 0.256 e. The van der Waals surface area contributed by atoms with Crippen LogP contribution in [-0.4, -0.2) is 4.98 Å². The van der Waals surface area contributed by atoms with Gasteiger partial charge >= 0.3 is 0 Å². The maximum atomic E-state index is 12.0. The molecular weight excluding hydrogens is 265 g/mol. The van der Waals surface area contributed by atoms with Crippen LogP contribution >= 0.6 is 31.9 Å². The van der Waals surface area contributed by atoms with Crippen LogP contribution in [0.2, 0.25) is 0 Å². The van der Waals surface area contributed by atoms with Gasteiger partial charge in [0.05, 0.1) is 5.69 Å². The molecule has 0 aromatic carbocycles. The molecule has 0 N–H and O–H groups in total. The minimum Gasteiger partial charge on any atom is -0.256 e. The van der Waals surface area contributed by atoms with Crippen LogP contribution in [-0.2, 0) is 6.67 Å². The summed E-state index contributed by atoms with van der Waals surface area (Å²) >= 11 is 6.39. The SMILES string of the molecule is FCc1ncc(Br)cc1Br. The number of pyridine rings is 1. The van der Waals surface area contributed by atoms with Crippen LogP contribution in [0.25, 0.3) is 0 Å². The highest BCUT2D eigenvalue weighted by Gasteiger charge is 1.99. The van der Waals surface area contributed by atoms with Gasteiger partial charge in [-0.2, -0.15) is 0 Å². The third-order valence-electron chi connectivity index (χ3n) is 1.01. The number of aromatic nitrogens is 1. The summed E-state index contributed by atoms with van der Waals surface area (Å²) in [6.07, 6.45) is 1.57. The van der Waals surface area contributed by atoms with Crippen LogP contribution in [0.15, 0.2) is 21.2 Å². The van der Waals surface area contributed by atoms with Crippen molar-refractivity contribution in [3.63, 3.8) is 0 Å². The Bertz CT molecular complexity index is 239. The standard InChI is InChI=1S/C6H4Br2FN/c7-4-1-5(8)6(2-9)10-3-4/h1,3H,2H2. The van der Waals surface area contributed by atoms with Crippen molar-refractivity contribution in [2.75, 3.05) is 0 Å². The van der Waals surface area contributed by atoms with Gasteiger partial charge in [-0.3, -0.25) is 4.98 Å². The van der Waals surface area contributed by atoms with Gasteiger partial charge in [0.2, 0.25) is 0 Å². The zero-order chi connectivity index (χ0) is 7.56. The van der Waals surface area contributed by atoms with Crippen molar-refractivity contribution in [1.82, 2.24) is 4.98 Å². The molecule has 0 fully saturated rings. The van der Waals surface area contributed by atoms with Gasteiger partial charge in [0.1, 0.15) is 6.67 Å². The number of nitrogens with zero attached hydrogens (tertiary/aromatic N) is 1. The van der Waals surface area contributed by atoms with Gasteiger partial charge in [-0.1, -0.05) is 0 Å². The molecule has 1 aromatic heterocycles. The Kier molecular flexibility index (Phi) is 2.80. The van der Waals surface area contributed by atoms with Gasteiger partial charge in [0.15, 0.2) is 0 Å². The van der Waals surface area contributed by atoms with Crippen molar-refractivity contribution in [2.24, 2.45) is 0 Å². The summed E-state index contributed by atoms with van der Waals surface area (Å²) in [5.74, 6) is 0. The molecule has 0 atom stereocenters. The van der Waals surface area contributed by atoms with E-state index < -0.39 is 6.67 Å². The Labute approximate surface area is 74.9 Å². The Morgan fingerprint density at radius 3 is 2.70 bits per heavy atom. The second-order valence-corrected chi connectivity index (χ2v) is 3.49. The first-order valence-corrected chi connectivity index (χ1v) is 4.18. The Morgan fingerprint density at radius 2 is 2.20 bits per heavy atom. The molecule has 0 saturated heterocycles. The van der Waals surface area contributed by atoms with Crippen molar-refractivity contribution in [3.8, 4) is 0 Å². The van der Waals surface area contributed by atoms with Crippen molar-refractivity contribution in [3.05, 3.63) is 26.9 Å². The first-order chi connectivity index (χ1) is 4.74. The molecule has 0 spiro atoms. The topological polar surface area (TPSA) is 12.9 Å². The molecule has 0 aliphatic carbocycles. The summed E-state index contributed by atoms with van der Waals surface area (Å²) in [5.41, 5.74) is 0.434.